The molecule has 24 heavy (non-hydrogen) atoms. The third-order valence-corrected chi connectivity index (χ3v) is 4.21. The number of ether oxygens (including phenoxy) is 1. The fraction of sp³-hybridized carbons (Fsp3) is 0.882. The van der Waals surface area contributed by atoms with Crippen LogP contribution in [0, 0.1) is 5.41 Å². The topological polar surface area (TPSA) is 70.7 Å². The van der Waals surface area contributed by atoms with Gasteiger partial charge in [0.2, 0.25) is 5.91 Å². The Labute approximate surface area is 151 Å². The van der Waals surface area contributed by atoms with Crippen LogP contribution in [-0.4, -0.2) is 54.3 Å². The molecule has 0 radical (unpaired) electrons. The molecule has 0 heterocycles. The van der Waals surface area contributed by atoms with Crippen molar-refractivity contribution in [1.82, 2.24) is 14.9 Å². The molecule has 0 aromatic heterocycles. The van der Waals surface area contributed by atoms with E-state index in [4.69, 9.17) is 4.74 Å². The Morgan fingerprint density at radius 3 is 2.33 bits per heavy atom. The SMILES string of the molecule is CCCCNC(=O)CNC(=O)OC(CN(C)SC(C)C)C(C)(C)C. The summed E-state index contributed by atoms with van der Waals surface area (Å²) in [6, 6.07) is 0. The first-order chi connectivity index (χ1) is 11.1. The minimum absolute atomic E-state index is 0.0595. The van der Waals surface area contributed by atoms with Gasteiger partial charge in [-0.3, -0.25) is 4.79 Å². The Bertz CT molecular complexity index is 384. The van der Waals surface area contributed by atoms with E-state index >= 15 is 0 Å². The van der Waals surface area contributed by atoms with E-state index in [2.05, 4.69) is 35.7 Å². The third-order valence-electron chi connectivity index (χ3n) is 3.27. The van der Waals surface area contributed by atoms with Gasteiger partial charge in [-0.1, -0.05) is 59.9 Å². The molecule has 0 aromatic rings. The van der Waals surface area contributed by atoms with Gasteiger partial charge in [-0.2, -0.15) is 0 Å². The summed E-state index contributed by atoms with van der Waals surface area (Å²) >= 11 is 1.71. The Balaban J connectivity index is 4.38. The van der Waals surface area contributed by atoms with Crippen LogP contribution in [0.15, 0.2) is 0 Å². The van der Waals surface area contributed by atoms with Crippen molar-refractivity contribution in [2.24, 2.45) is 5.41 Å². The molecular weight excluding hydrogens is 326 g/mol. The van der Waals surface area contributed by atoms with E-state index in [1.807, 2.05) is 27.8 Å². The van der Waals surface area contributed by atoms with Crippen LogP contribution in [0.1, 0.15) is 54.4 Å². The molecule has 1 unspecified atom stereocenters. The number of rotatable bonds is 10. The third kappa shape index (κ3) is 11.6. The maximum absolute atomic E-state index is 12.0. The molecule has 0 aliphatic rings. The van der Waals surface area contributed by atoms with Crippen molar-refractivity contribution >= 4 is 23.9 Å². The van der Waals surface area contributed by atoms with Crippen LogP contribution in [0.2, 0.25) is 0 Å². The molecule has 0 aliphatic carbocycles. The highest BCUT2D eigenvalue weighted by atomic mass is 32.2. The van der Waals surface area contributed by atoms with Crippen LogP contribution in [0.3, 0.4) is 0 Å². The summed E-state index contributed by atoms with van der Waals surface area (Å²) in [5.74, 6) is -0.194. The van der Waals surface area contributed by atoms with Gasteiger partial charge in [0.1, 0.15) is 6.10 Å². The summed E-state index contributed by atoms with van der Waals surface area (Å²) in [4.78, 5) is 23.6. The molecular formula is C17H35N3O3S. The molecule has 2 N–H and O–H groups in total. The van der Waals surface area contributed by atoms with Gasteiger partial charge in [0, 0.05) is 23.8 Å². The first-order valence-corrected chi connectivity index (χ1v) is 9.49. The predicted octanol–water partition coefficient (Wildman–Crippen LogP) is 3.03. The zero-order valence-corrected chi connectivity index (χ0v) is 17.1. The molecule has 1 atom stereocenters. The molecule has 0 fully saturated rings. The van der Waals surface area contributed by atoms with Gasteiger partial charge < -0.3 is 15.4 Å². The van der Waals surface area contributed by atoms with E-state index in [1.54, 1.807) is 11.9 Å². The number of carbonyl (C=O) groups is 2. The highest BCUT2D eigenvalue weighted by Crippen LogP contribution is 2.25. The quantitative estimate of drug-likeness (QED) is 0.462. The van der Waals surface area contributed by atoms with Gasteiger partial charge in [0.25, 0.3) is 0 Å². The minimum atomic E-state index is -0.552. The maximum Gasteiger partial charge on any atom is 0.407 e. The first-order valence-electron chi connectivity index (χ1n) is 8.65. The Morgan fingerprint density at radius 2 is 1.83 bits per heavy atom. The average molecular weight is 362 g/mol. The molecule has 0 rings (SSSR count). The van der Waals surface area contributed by atoms with Crippen molar-refractivity contribution in [3.8, 4) is 0 Å². The molecule has 142 valence electrons. The van der Waals surface area contributed by atoms with Crippen LogP contribution in [0.25, 0.3) is 0 Å². The summed E-state index contributed by atoms with van der Waals surface area (Å²) in [7, 11) is 1.99. The predicted molar refractivity (Wildman–Crippen MR) is 101 cm³/mol. The lowest BCUT2D eigenvalue weighted by molar-refractivity contribution is -0.120. The standard InChI is InChI=1S/C17H35N3O3S/c1-8-9-10-18-15(21)11-19-16(22)23-14(17(4,5)6)12-20(7)24-13(2)3/h13-14H,8-12H2,1-7H3,(H,18,21)(H,19,22). The van der Waals surface area contributed by atoms with Crippen molar-refractivity contribution < 1.29 is 14.3 Å². The van der Waals surface area contributed by atoms with Crippen molar-refractivity contribution in [3.05, 3.63) is 0 Å². The van der Waals surface area contributed by atoms with Gasteiger partial charge in [-0.15, -0.1) is 0 Å². The zero-order valence-electron chi connectivity index (χ0n) is 16.3. The van der Waals surface area contributed by atoms with E-state index in [1.165, 1.54) is 0 Å². The maximum atomic E-state index is 12.0. The number of carbonyl (C=O) groups excluding carboxylic acids is 2. The summed E-state index contributed by atoms with van der Waals surface area (Å²) in [5.41, 5.74) is -0.188. The van der Waals surface area contributed by atoms with Crippen LogP contribution in [0.4, 0.5) is 4.79 Å². The summed E-state index contributed by atoms with van der Waals surface area (Å²) < 4.78 is 7.65. The molecule has 0 saturated heterocycles. The van der Waals surface area contributed by atoms with E-state index in [-0.39, 0.29) is 24.0 Å². The molecule has 0 bridgehead atoms. The van der Waals surface area contributed by atoms with Gasteiger partial charge in [-0.25, -0.2) is 9.10 Å². The lowest BCUT2D eigenvalue weighted by Gasteiger charge is -2.33. The summed E-state index contributed by atoms with van der Waals surface area (Å²) in [6.07, 6.45) is 1.13. The molecule has 7 heteroatoms. The smallest absolute Gasteiger partial charge is 0.407 e. The normalized spacial score (nSPS) is 13.0. The van der Waals surface area contributed by atoms with Crippen LogP contribution in [-0.2, 0) is 9.53 Å². The molecule has 0 aromatic carbocycles. The van der Waals surface area contributed by atoms with Gasteiger partial charge >= 0.3 is 6.09 Å². The van der Waals surface area contributed by atoms with E-state index < -0.39 is 6.09 Å². The zero-order chi connectivity index (χ0) is 18.8. The average Bonchev–Trinajstić information content (AvgIpc) is 2.43. The monoisotopic (exact) mass is 361 g/mol. The number of likely N-dealkylation sites (N-methyl/N-ethyl adjacent to an activating group) is 1. The largest absolute Gasteiger partial charge is 0.444 e. The fourth-order valence-corrected chi connectivity index (χ4v) is 2.86. The second-order valence-corrected chi connectivity index (χ2v) is 9.06. The van der Waals surface area contributed by atoms with Crippen molar-refractivity contribution in [3.63, 3.8) is 0 Å². The number of amides is 2. The lowest BCUT2D eigenvalue weighted by atomic mass is 9.89. The Morgan fingerprint density at radius 1 is 1.21 bits per heavy atom. The van der Waals surface area contributed by atoms with E-state index in [0.29, 0.717) is 18.3 Å². The molecule has 6 nitrogen and oxygen atoms in total. The van der Waals surface area contributed by atoms with Gasteiger partial charge in [0.15, 0.2) is 0 Å². The van der Waals surface area contributed by atoms with Crippen LogP contribution in [0.5, 0.6) is 0 Å². The number of nitrogens with one attached hydrogen (secondary N) is 2. The number of alkyl carbamates (subject to hydrolysis) is 1. The van der Waals surface area contributed by atoms with E-state index in [0.717, 1.165) is 12.8 Å². The van der Waals surface area contributed by atoms with E-state index in [9.17, 15) is 9.59 Å². The minimum Gasteiger partial charge on any atom is -0.444 e. The second-order valence-electron chi connectivity index (χ2n) is 7.28. The summed E-state index contributed by atoms with van der Waals surface area (Å²) in [5, 5.41) is 5.75. The first kappa shape index (κ1) is 23.1. The van der Waals surface area contributed by atoms with Crippen molar-refractivity contribution in [1.29, 1.82) is 0 Å². The number of unbranched alkanes of at least 4 members (excludes halogenated alkanes) is 1. The number of hydrogen-bond acceptors (Lipinski definition) is 5. The van der Waals surface area contributed by atoms with Gasteiger partial charge in [-0.05, 0) is 13.5 Å². The summed E-state index contributed by atoms with van der Waals surface area (Å²) in [6.45, 7) is 13.6. The lowest BCUT2D eigenvalue weighted by Crippen LogP contribution is -2.44. The molecule has 0 aliphatic heterocycles. The highest BCUT2D eigenvalue weighted by molar-refractivity contribution is 7.97. The second kappa shape index (κ2) is 11.6. The van der Waals surface area contributed by atoms with Crippen molar-refractivity contribution in [2.45, 2.75) is 65.7 Å². The molecule has 0 spiro atoms. The van der Waals surface area contributed by atoms with Crippen LogP contribution >= 0.6 is 11.9 Å². The molecule has 0 saturated carbocycles. The fourth-order valence-electron chi connectivity index (χ4n) is 1.91. The van der Waals surface area contributed by atoms with Crippen molar-refractivity contribution in [2.75, 3.05) is 26.7 Å². The Hall–Kier alpha value is -0.950. The highest BCUT2D eigenvalue weighted by Gasteiger charge is 2.30. The Kier molecular flexibility index (Phi) is 11.1. The number of hydrogen-bond donors (Lipinski definition) is 2. The molecule has 2 amide bonds. The number of nitrogens with zero attached hydrogens (tertiary/aromatic N) is 1. The van der Waals surface area contributed by atoms with Crippen LogP contribution < -0.4 is 10.6 Å². The van der Waals surface area contributed by atoms with Gasteiger partial charge in [0.05, 0.1) is 6.54 Å².